The Morgan fingerprint density at radius 3 is 2.13 bits per heavy atom. The molecule has 0 unspecified atom stereocenters. The Kier molecular flexibility index (Phi) is 5.80. The summed E-state index contributed by atoms with van der Waals surface area (Å²) in [6, 6.07) is 20.1. The Bertz CT molecular complexity index is 662. The fraction of sp³-hybridized carbons (Fsp3) is 0.211. The van der Waals surface area contributed by atoms with Gasteiger partial charge in [0.05, 0.1) is 5.57 Å². The van der Waals surface area contributed by atoms with E-state index in [1.165, 1.54) is 5.56 Å². The number of rotatable bonds is 7. The van der Waals surface area contributed by atoms with Gasteiger partial charge in [-0.05, 0) is 31.0 Å². The summed E-state index contributed by atoms with van der Waals surface area (Å²) in [7, 11) is 0. The molecule has 4 nitrogen and oxygen atoms in total. The second-order valence-electron chi connectivity index (χ2n) is 5.46. The number of carboxylic acid groups (broad SMARTS) is 1. The Morgan fingerprint density at radius 1 is 1.04 bits per heavy atom. The van der Waals surface area contributed by atoms with Gasteiger partial charge in [0.25, 0.3) is 0 Å². The molecule has 0 aliphatic rings. The summed E-state index contributed by atoms with van der Waals surface area (Å²) < 4.78 is 0. The maximum Gasteiger partial charge on any atom is 0.333 e. The molecule has 23 heavy (non-hydrogen) atoms. The van der Waals surface area contributed by atoms with Crippen LogP contribution in [0.25, 0.3) is 0 Å². The van der Waals surface area contributed by atoms with Crippen LogP contribution in [0.1, 0.15) is 18.9 Å². The summed E-state index contributed by atoms with van der Waals surface area (Å²) >= 11 is 0. The standard InChI is InChI=1S/C19H22N2O2/c1-15(20)18(19(22)23)12-13-21(17-10-6-3-7-11-17)14-16-8-4-2-5-9-16/h2-11H,12-14,20H2,1H3,(H,22,23). The maximum absolute atomic E-state index is 11.3. The van der Waals surface area contributed by atoms with Crippen LogP contribution in [-0.2, 0) is 11.3 Å². The Morgan fingerprint density at radius 2 is 1.61 bits per heavy atom. The number of aliphatic carboxylic acids is 1. The molecular weight excluding hydrogens is 288 g/mol. The van der Waals surface area contributed by atoms with Gasteiger partial charge in [-0.15, -0.1) is 0 Å². The van der Waals surface area contributed by atoms with Gasteiger partial charge in [0.1, 0.15) is 0 Å². The molecule has 0 atom stereocenters. The zero-order valence-corrected chi connectivity index (χ0v) is 13.3. The van der Waals surface area contributed by atoms with Crippen LogP contribution in [0.2, 0.25) is 0 Å². The molecule has 0 aliphatic carbocycles. The van der Waals surface area contributed by atoms with E-state index >= 15 is 0 Å². The van der Waals surface area contributed by atoms with Gasteiger partial charge >= 0.3 is 5.97 Å². The van der Waals surface area contributed by atoms with Crippen LogP contribution in [0.5, 0.6) is 0 Å². The van der Waals surface area contributed by atoms with E-state index in [0.717, 1.165) is 12.2 Å². The summed E-state index contributed by atoms with van der Waals surface area (Å²) in [5.74, 6) is -0.947. The number of nitrogens with zero attached hydrogens (tertiary/aromatic N) is 1. The Balaban J connectivity index is 2.17. The van der Waals surface area contributed by atoms with Crippen LogP contribution in [0, 0.1) is 0 Å². The first-order valence-electron chi connectivity index (χ1n) is 7.60. The third-order valence-electron chi connectivity index (χ3n) is 3.70. The molecule has 120 valence electrons. The highest BCUT2D eigenvalue weighted by Gasteiger charge is 2.13. The number of hydrogen-bond donors (Lipinski definition) is 2. The van der Waals surface area contributed by atoms with Gasteiger partial charge in [-0.2, -0.15) is 0 Å². The normalized spacial score (nSPS) is 11.7. The average molecular weight is 310 g/mol. The lowest BCUT2D eigenvalue weighted by molar-refractivity contribution is -0.132. The second kappa shape index (κ2) is 8.03. The van der Waals surface area contributed by atoms with E-state index < -0.39 is 5.97 Å². The highest BCUT2D eigenvalue weighted by Crippen LogP contribution is 2.19. The molecular formula is C19H22N2O2. The Labute approximate surface area is 136 Å². The van der Waals surface area contributed by atoms with Crippen molar-refractivity contribution >= 4 is 11.7 Å². The van der Waals surface area contributed by atoms with Crippen molar-refractivity contribution in [3.63, 3.8) is 0 Å². The van der Waals surface area contributed by atoms with Gasteiger partial charge < -0.3 is 15.7 Å². The molecule has 0 aromatic heterocycles. The minimum absolute atomic E-state index is 0.277. The minimum Gasteiger partial charge on any atom is -0.478 e. The minimum atomic E-state index is -0.947. The van der Waals surface area contributed by atoms with Gasteiger partial charge in [0.15, 0.2) is 0 Å². The maximum atomic E-state index is 11.3. The van der Waals surface area contributed by atoms with Crippen LogP contribution < -0.4 is 10.6 Å². The molecule has 0 saturated heterocycles. The number of carbonyl (C=O) groups is 1. The number of hydrogen-bond acceptors (Lipinski definition) is 3. The van der Waals surface area contributed by atoms with Crippen molar-refractivity contribution in [3.8, 4) is 0 Å². The van der Waals surface area contributed by atoms with Gasteiger partial charge in [0, 0.05) is 24.5 Å². The SMILES string of the molecule is CC(N)=C(CCN(Cc1ccccc1)c1ccccc1)C(=O)O. The molecule has 2 aromatic carbocycles. The summed E-state index contributed by atoms with van der Waals surface area (Å²) in [6.45, 7) is 2.95. The molecule has 0 saturated carbocycles. The number of carboxylic acids is 1. The first-order valence-corrected chi connectivity index (χ1v) is 7.60. The van der Waals surface area contributed by atoms with Crippen LogP contribution in [-0.4, -0.2) is 17.6 Å². The highest BCUT2D eigenvalue weighted by molar-refractivity contribution is 5.87. The van der Waals surface area contributed by atoms with Crippen molar-refractivity contribution in [1.82, 2.24) is 0 Å². The third-order valence-corrected chi connectivity index (χ3v) is 3.70. The third kappa shape index (κ3) is 4.88. The molecule has 0 aliphatic heterocycles. The van der Waals surface area contributed by atoms with E-state index in [1.807, 2.05) is 48.5 Å². The molecule has 4 heteroatoms. The first kappa shape index (κ1) is 16.6. The van der Waals surface area contributed by atoms with Gasteiger partial charge in [-0.25, -0.2) is 4.79 Å². The molecule has 0 spiro atoms. The molecule has 0 amide bonds. The van der Waals surface area contributed by atoms with Crippen LogP contribution in [0.3, 0.4) is 0 Å². The van der Waals surface area contributed by atoms with Gasteiger partial charge in [-0.1, -0.05) is 48.5 Å². The molecule has 0 heterocycles. The molecule has 2 aromatic rings. The number of allylic oxidation sites excluding steroid dienone is 1. The number of anilines is 1. The summed E-state index contributed by atoms with van der Waals surface area (Å²) in [4.78, 5) is 13.5. The van der Waals surface area contributed by atoms with Crippen molar-refractivity contribution in [2.24, 2.45) is 5.73 Å². The lowest BCUT2D eigenvalue weighted by atomic mass is 10.1. The van der Waals surface area contributed by atoms with Crippen molar-refractivity contribution in [3.05, 3.63) is 77.5 Å². The van der Waals surface area contributed by atoms with Crippen molar-refractivity contribution in [2.45, 2.75) is 19.9 Å². The van der Waals surface area contributed by atoms with Gasteiger partial charge in [0.2, 0.25) is 0 Å². The molecule has 0 bridgehead atoms. The van der Waals surface area contributed by atoms with Crippen molar-refractivity contribution < 1.29 is 9.90 Å². The number of para-hydroxylation sites is 1. The highest BCUT2D eigenvalue weighted by atomic mass is 16.4. The topological polar surface area (TPSA) is 66.6 Å². The molecule has 3 N–H and O–H groups in total. The van der Waals surface area contributed by atoms with E-state index in [9.17, 15) is 9.90 Å². The summed E-state index contributed by atoms with van der Waals surface area (Å²) in [5.41, 5.74) is 8.59. The van der Waals surface area contributed by atoms with E-state index in [4.69, 9.17) is 5.73 Å². The second-order valence-corrected chi connectivity index (χ2v) is 5.46. The molecule has 2 rings (SSSR count). The largest absolute Gasteiger partial charge is 0.478 e. The monoisotopic (exact) mass is 310 g/mol. The average Bonchev–Trinajstić information content (AvgIpc) is 2.55. The van der Waals surface area contributed by atoms with E-state index in [1.54, 1.807) is 6.92 Å². The van der Waals surface area contributed by atoms with E-state index in [-0.39, 0.29) is 5.57 Å². The lowest BCUT2D eigenvalue weighted by Gasteiger charge is -2.25. The zero-order valence-electron chi connectivity index (χ0n) is 13.3. The van der Waals surface area contributed by atoms with Crippen LogP contribution in [0.4, 0.5) is 5.69 Å². The summed E-state index contributed by atoms with van der Waals surface area (Å²) in [5, 5.41) is 9.26. The lowest BCUT2D eigenvalue weighted by Crippen LogP contribution is -2.25. The quantitative estimate of drug-likeness (QED) is 0.769. The smallest absolute Gasteiger partial charge is 0.333 e. The molecule has 0 fully saturated rings. The zero-order chi connectivity index (χ0) is 16.7. The van der Waals surface area contributed by atoms with Crippen molar-refractivity contribution in [1.29, 1.82) is 0 Å². The summed E-state index contributed by atoms with van der Waals surface area (Å²) in [6.07, 6.45) is 0.402. The number of nitrogens with two attached hydrogens (primary N) is 1. The molecule has 0 radical (unpaired) electrons. The van der Waals surface area contributed by atoms with E-state index in [0.29, 0.717) is 18.7 Å². The van der Waals surface area contributed by atoms with Gasteiger partial charge in [-0.3, -0.25) is 0 Å². The van der Waals surface area contributed by atoms with Crippen LogP contribution >= 0.6 is 0 Å². The fourth-order valence-electron chi connectivity index (χ4n) is 2.46. The predicted molar refractivity (Wildman–Crippen MR) is 93.1 cm³/mol. The Hall–Kier alpha value is -2.75. The fourth-order valence-corrected chi connectivity index (χ4v) is 2.46. The van der Waals surface area contributed by atoms with E-state index in [2.05, 4.69) is 17.0 Å². The van der Waals surface area contributed by atoms with Crippen molar-refractivity contribution in [2.75, 3.05) is 11.4 Å². The van der Waals surface area contributed by atoms with Crippen LogP contribution in [0.15, 0.2) is 71.9 Å². The number of benzene rings is 2. The predicted octanol–water partition coefficient (Wildman–Crippen LogP) is 3.40. The first-order chi connectivity index (χ1) is 11.1.